The molecule has 0 saturated heterocycles. The summed E-state index contributed by atoms with van der Waals surface area (Å²) in [6, 6.07) is 3.79. The van der Waals surface area contributed by atoms with E-state index < -0.39 is 11.7 Å². The summed E-state index contributed by atoms with van der Waals surface area (Å²) in [6.45, 7) is 5.82. The van der Waals surface area contributed by atoms with Crippen LogP contribution in [0.4, 0.5) is 4.79 Å². The fraction of sp³-hybridized carbons (Fsp3) is 0.538. The summed E-state index contributed by atoms with van der Waals surface area (Å²) in [5, 5.41) is 13.0. The normalized spacial score (nSPS) is 9.89. The second-order valence-electron chi connectivity index (χ2n) is 4.68. The number of amides is 1. The summed E-state index contributed by atoms with van der Waals surface area (Å²) in [5.41, 5.74) is 0.128. The molecule has 1 N–H and O–H groups in total. The van der Waals surface area contributed by atoms with Crippen LogP contribution in [0.25, 0.3) is 0 Å². The largest absolute Gasteiger partial charge is 0.444 e. The van der Waals surface area contributed by atoms with Gasteiger partial charge in [0.05, 0.1) is 12.1 Å². The first-order chi connectivity index (χ1) is 8.82. The fourth-order valence-electron chi connectivity index (χ4n) is 1.01. The molecule has 106 valence electrons. The SMILES string of the molecule is CC(C)(C)OC(=O)NCc1cc(C#N)cs1.COC. The van der Waals surface area contributed by atoms with Gasteiger partial charge in [0.25, 0.3) is 0 Å². The van der Waals surface area contributed by atoms with Crippen LogP contribution in [-0.4, -0.2) is 25.9 Å². The summed E-state index contributed by atoms with van der Waals surface area (Å²) >= 11 is 1.44. The molecule has 19 heavy (non-hydrogen) atoms. The van der Waals surface area contributed by atoms with Crippen molar-refractivity contribution >= 4 is 17.4 Å². The zero-order chi connectivity index (χ0) is 14.9. The van der Waals surface area contributed by atoms with E-state index in [1.165, 1.54) is 11.3 Å². The van der Waals surface area contributed by atoms with Gasteiger partial charge in [-0.05, 0) is 26.8 Å². The van der Waals surface area contributed by atoms with Crippen molar-refractivity contribution in [1.82, 2.24) is 5.32 Å². The zero-order valence-corrected chi connectivity index (χ0v) is 12.8. The molecule has 1 amide bonds. The topological polar surface area (TPSA) is 71.3 Å². The van der Waals surface area contributed by atoms with Crippen LogP contribution in [0.1, 0.15) is 31.2 Å². The Balaban J connectivity index is 0.000000982. The maximum Gasteiger partial charge on any atom is 0.407 e. The quantitative estimate of drug-likeness (QED) is 0.906. The molecule has 0 aliphatic carbocycles. The molecule has 0 saturated carbocycles. The molecule has 1 rings (SSSR count). The van der Waals surface area contributed by atoms with Gasteiger partial charge in [0.2, 0.25) is 0 Å². The lowest BCUT2D eigenvalue weighted by atomic mass is 10.2. The molecule has 0 fully saturated rings. The lowest BCUT2D eigenvalue weighted by Gasteiger charge is -2.19. The Kier molecular flexibility index (Phi) is 7.80. The predicted molar refractivity (Wildman–Crippen MR) is 75.0 cm³/mol. The van der Waals surface area contributed by atoms with Gasteiger partial charge in [0, 0.05) is 24.5 Å². The minimum absolute atomic E-state index is 0.390. The van der Waals surface area contributed by atoms with Crippen LogP contribution < -0.4 is 5.32 Å². The smallest absolute Gasteiger partial charge is 0.407 e. The van der Waals surface area contributed by atoms with Crippen molar-refractivity contribution in [3.8, 4) is 6.07 Å². The number of methoxy groups -OCH3 is 1. The highest BCUT2D eigenvalue weighted by atomic mass is 32.1. The van der Waals surface area contributed by atoms with Crippen LogP contribution in [0.15, 0.2) is 11.4 Å². The Morgan fingerprint density at radius 2 is 2.05 bits per heavy atom. The van der Waals surface area contributed by atoms with Gasteiger partial charge in [-0.3, -0.25) is 0 Å². The van der Waals surface area contributed by atoms with Crippen molar-refractivity contribution in [1.29, 1.82) is 5.26 Å². The minimum atomic E-state index is -0.489. The summed E-state index contributed by atoms with van der Waals surface area (Å²) in [7, 11) is 3.25. The number of nitriles is 1. The highest BCUT2D eigenvalue weighted by molar-refractivity contribution is 7.10. The van der Waals surface area contributed by atoms with Gasteiger partial charge in [0.15, 0.2) is 0 Å². The van der Waals surface area contributed by atoms with Crippen molar-refractivity contribution < 1.29 is 14.3 Å². The predicted octanol–water partition coefficient (Wildman–Crippen LogP) is 2.91. The van der Waals surface area contributed by atoms with E-state index in [4.69, 9.17) is 10.00 Å². The van der Waals surface area contributed by atoms with E-state index in [-0.39, 0.29) is 0 Å². The Morgan fingerprint density at radius 3 is 2.47 bits per heavy atom. The molecule has 1 aromatic rings. The van der Waals surface area contributed by atoms with Crippen LogP contribution >= 0.6 is 11.3 Å². The first-order valence-electron chi connectivity index (χ1n) is 5.67. The summed E-state index contributed by atoms with van der Waals surface area (Å²) < 4.78 is 9.33. The molecule has 5 nitrogen and oxygen atoms in total. The van der Waals surface area contributed by atoms with Gasteiger partial charge in [-0.25, -0.2) is 4.79 Å². The second-order valence-corrected chi connectivity index (χ2v) is 5.67. The van der Waals surface area contributed by atoms with Crippen molar-refractivity contribution in [3.63, 3.8) is 0 Å². The Morgan fingerprint density at radius 1 is 1.47 bits per heavy atom. The third kappa shape index (κ3) is 9.05. The lowest BCUT2D eigenvalue weighted by molar-refractivity contribution is 0.0524. The average Bonchev–Trinajstić information content (AvgIpc) is 2.73. The number of nitrogens with one attached hydrogen (secondary N) is 1. The molecule has 0 aromatic carbocycles. The molecule has 0 aliphatic rings. The summed E-state index contributed by atoms with van der Waals surface area (Å²) in [5.74, 6) is 0. The van der Waals surface area contributed by atoms with Crippen molar-refractivity contribution in [2.24, 2.45) is 0 Å². The van der Waals surface area contributed by atoms with Crippen molar-refractivity contribution in [2.45, 2.75) is 32.9 Å². The van der Waals surface area contributed by atoms with E-state index in [1.54, 1.807) is 25.7 Å². The average molecular weight is 284 g/mol. The van der Waals surface area contributed by atoms with Gasteiger partial charge in [-0.2, -0.15) is 5.26 Å². The van der Waals surface area contributed by atoms with Crippen LogP contribution in [-0.2, 0) is 16.0 Å². The number of nitrogens with zero attached hydrogens (tertiary/aromatic N) is 1. The standard InChI is InChI=1S/C11H14N2O2S.C2H6O/c1-11(2,3)15-10(14)13-6-9-4-8(5-12)7-16-9;1-3-2/h4,7H,6H2,1-3H3,(H,13,14);1-2H3. The Bertz CT molecular complexity index is 430. The van der Waals surface area contributed by atoms with Crippen molar-refractivity contribution in [2.75, 3.05) is 14.2 Å². The third-order valence-corrected chi connectivity index (χ3v) is 2.53. The Hall–Kier alpha value is -1.58. The number of hydrogen-bond acceptors (Lipinski definition) is 5. The molecular weight excluding hydrogens is 264 g/mol. The molecule has 6 heteroatoms. The van der Waals surface area contributed by atoms with Crippen LogP contribution in [0.2, 0.25) is 0 Å². The number of thiophene rings is 1. The van der Waals surface area contributed by atoms with Crippen molar-refractivity contribution in [3.05, 3.63) is 21.9 Å². The maximum atomic E-state index is 11.3. The Labute approximate surface area is 118 Å². The van der Waals surface area contributed by atoms with E-state index in [0.717, 1.165) is 4.88 Å². The van der Waals surface area contributed by atoms with Crippen LogP contribution in [0, 0.1) is 11.3 Å². The van der Waals surface area contributed by atoms with E-state index in [0.29, 0.717) is 12.1 Å². The highest BCUT2D eigenvalue weighted by Gasteiger charge is 2.15. The minimum Gasteiger partial charge on any atom is -0.444 e. The first-order valence-corrected chi connectivity index (χ1v) is 6.55. The number of carbonyl (C=O) groups is 1. The van der Waals surface area contributed by atoms with Crippen LogP contribution in [0.5, 0.6) is 0 Å². The van der Waals surface area contributed by atoms with Gasteiger partial charge < -0.3 is 14.8 Å². The fourth-order valence-corrected chi connectivity index (χ4v) is 1.76. The lowest BCUT2D eigenvalue weighted by Crippen LogP contribution is -2.31. The molecule has 0 radical (unpaired) electrons. The monoisotopic (exact) mass is 284 g/mol. The van der Waals surface area contributed by atoms with Crippen LogP contribution in [0.3, 0.4) is 0 Å². The summed E-state index contributed by atoms with van der Waals surface area (Å²) in [6.07, 6.45) is -0.445. The number of carbonyl (C=O) groups excluding carboxylic acids is 1. The van der Waals surface area contributed by atoms with E-state index in [9.17, 15) is 4.79 Å². The molecular formula is C13H20N2O3S. The highest BCUT2D eigenvalue weighted by Crippen LogP contribution is 2.13. The molecule has 0 spiro atoms. The number of alkyl carbamates (subject to hydrolysis) is 1. The van der Waals surface area contributed by atoms with Gasteiger partial charge in [-0.1, -0.05) is 0 Å². The maximum absolute atomic E-state index is 11.3. The number of rotatable bonds is 2. The second kappa shape index (κ2) is 8.51. The van der Waals surface area contributed by atoms with E-state index in [1.807, 2.05) is 26.8 Å². The zero-order valence-electron chi connectivity index (χ0n) is 11.9. The molecule has 0 unspecified atom stereocenters. The summed E-state index contributed by atoms with van der Waals surface area (Å²) in [4.78, 5) is 12.2. The first kappa shape index (κ1) is 17.4. The molecule has 1 aromatic heterocycles. The number of ether oxygens (including phenoxy) is 2. The van der Waals surface area contributed by atoms with Gasteiger partial charge >= 0.3 is 6.09 Å². The molecule has 1 heterocycles. The van der Waals surface area contributed by atoms with E-state index in [2.05, 4.69) is 10.1 Å². The molecule has 0 aliphatic heterocycles. The van der Waals surface area contributed by atoms with Gasteiger partial charge in [0.1, 0.15) is 11.7 Å². The van der Waals surface area contributed by atoms with Gasteiger partial charge in [-0.15, -0.1) is 11.3 Å². The molecule has 0 bridgehead atoms. The number of hydrogen-bond donors (Lipinski definition) is 1. The molecule has 0 atom stereocenters. The third-order valence-electron chi connectivity index (χ3n) is 1.59. The van der Waals surface area contributed by atoms with E-state index >= 15 is 0 Å².